The van der Waals surface area contributed by atoms with Crippen LogP contribution in [0.1, 0.15) is 12.5 Å². The Morgan fingerprint density at radius 3 is 1.70 bits per heavy atom. The van der Waals surface area contributed by atoms with Crippen LogP contribution >= 0.6 is 0 Å². The van der Waals surface area contributed by atoms with Crippen LogP contribution in [0.15, 0.2) is 23.3 Å². The molecule has 0 aromatic heterocycles. The third-order valence-corrected chi connectivity index (χ3v) is 2.87. The van der Waals surface area contributed by atoms with Crippen LogP contribution < -0.4 is 5.43 Å². The smallest absolute Gasteiger partial charge is 0.200 e. The minimum absolute atomic E-state index is 0.399. The molecule has 0 spiro atoms. The number of nitrogens with zero attached hydrogens (tertiary/aromatic N) is 1. The number of halogens is 7. The number of anilines is 1. The van der Waals surface area contributed by atoms with Crippen molar-refractivity contribution in [1.29, 1.82) is 0 Å². The molecule has 1 N–H and O–H groups in total. The van der Waals surface area contributed by atoms with Gasteiger partial charge >= 0.3 is 0 Å². The summed E-state index contributed by atoms with van der Waals surface area (Å²) in [5, 5.41) is 3.27. The Morgan fingerprint density at radius 2 is 1.22 bits per heavy atom. The molecule has 0 aliphatic carbocycles. The van der Waals surface area contributed by atoms with Gasteiger partial charge < -0.3 is 0 Å². The molecule has 0 saturated carbocycles. The maximum Gasteiger partial charge on any atom is 0.200 e. The van der Waals surface area contributed by atoms with Gasteiger partial charge in [-0.2, -0.15) is 5.10 Å². The summed E-state index contributed by atoms with van der Waals surface area (Å²) in [6.07, 6.45) is 0. The van der Waals surface area contributed by atoms with E-state index in [4.69, 9.17) is 0 Å². The molecule has 0 aliphatic heterocycles. The number of hydrazone groups is 1. The maximum atomic E-state index is 13.5. The van der Waals surface area contributed by atoms with E-state index >= 15 is 0 Å². The van der Waals surface area contributed by atoms with Gasteiger partial charge in [0.1, 0.15) is 17.3 Å². The van der Waals surface area contributed by atoms with Crippen molar-refractivity contribution in [1.82, 2.24) is 0 Å². The lowest BCUT2D eigenvalue weighted by atomic mass is 10.1. The Balaban J connectivity index is 2.45. The molecule has 2 nitrogen and oxygen atoms in total. The molecule has 2 aromatic carbocycles. The van der Waals surface area contributed by atoms with Crippen LogP contribution in [0.3, 0.4) is 0 Å². The highest BCUT2D eigenvalue weighted by atomic mass is 19.2. The second kappa shape index (κ2) is 6.27. The largest absolute Gasteiger partial charge is 0.272 e. The third kappa shape index (κ3) is 2.99. The summed E-state index contributed by atoms with van der Waals surface area (Å²) in [5.74, 6) is -13.0. The Bertz CT molecular complexity index is 753. The predicted octanol–water partition coefficient (Wildman–Crippen LogP) is 4.50. The van der Waals surface area contributed by atoms with E-state index in [2.05, 4.69) is 5.10 Å². The molecule has 0 radical (unpaired) electrons. The van der Waals surface area contributed by atoms with E-state index in [0.717, 1.165) is 25.1 Å². The molecule has 2 rings (SSSR count). The zero-order valence-corrected chi connectivity index (χ0v) is 11.3. The summed E-state index contributed by atoms with van der Waals surface area (Å²) in [6, 6.07) is 2.91. The van der Waals surface area contributed by atoms with E-state index in [1.807, 2.05) is 0 Å². The molecule has 2 aromatic rings. The highest BCUT2D eigenvalue weighted by Crippen LogP contribution is 2.27. The fourth-order valence-electron chi connectivity index (χ4n) is 1.74. The summed E-state index contributed by atoms with van der Waals surface area (Å²) in [4.78, 5) is 0. The van der Waals surface area contributed by atoms with E-state index < -0.39 is 57.7 Å². The fraction of sp³-hybridized carbons (Fsp3) is 0.0714. The van der Waals surface area contributed by atoms with Crippen LogP contribution in [-0.2, 0) is 0 Å². The minimum Gasteiger partial charge on any atom is -0.272 e. The molecular formula is C14H7F7N2. The average molecular weight is 336 g/mol. The van der Waals surface area contributed by atoms with E-state index in [0.29, 0.717) is 0 Å². The highest BCUT2D eigenvalue weighted by Gasteiger charge is 2.25. The summed E-state index contributed by atoms with van der Waals surface area (Å²) < 4.78 is 92.7. The Labute approximate surface area is 125 Å². The zero-order valence-electron chi connectivity index (χ0n) is 11.3. The SMILES string of the molecule is C/C(=N/Nc1c(F)c(F)c(F)c(F)c1F)c1c(F)cccc1F. The molecule has 122 valence electrons. The second-order valence-electron chi connectivity index (χ2n) is 4.35. The van der Waals surface area contributed by atoms with Gasteiger partial charge in [0.15, 0.2) is 23.3 Å². The first-order valence-corrected chi connectivity index (χ1v) is 6.01. The number of hydrogen-bond donors (Lipinski definition) is 1. The molecule has 9 heteroatoms. The van der Waals surface area contributed by atoms with E-state index in [1.165, 1.54) is 0 Å². The van der Waals surface area contributed by atoms with Crippen molar-refractivity contribution in [2.24, 2.45) is 5.10 Å². The molecule has 0 amide bonds. The molecule has 0 aliphatic rings. The van der Waals surface area contributed by atoms with Crippen LogP contribution in [0.2, 0.25) is 0 Å². The van der Waals surface area contributed by atoms with Crippen LogP contribution in [-0.4, -0.2) is 5.71 Å². The molecule has 0 atom stereocenters. The van der Waals surface area contributed by atoms with Crippen molar-refractivity contribution in [3.8, 4) is 0 Å². The topological polar surface area (TPSA) is 24.4 Å². The van der Waals surface area contributed by atoms with Crippen molar-refractivity contribution in [2.75, 3.05) is 5.43 Å². The maximum absolute atomic E-state index is 13.5. The van der Waals surface area contributed by atoms with Gasteiger partial charge in [0.2, 0.25) is 5.82 Å². The average Bonchev–Trinajstić information content (AvgIpc) is 2.51. The van der Waals surface area contributed by atoms with Gasteiger partial charge in [0.05, 0.1) is 11.3 Å². The third-order valence-electron chi connectivity index (χ3n) is 2.87. The van der Waals surface area contributed by atoms with Gasteiger partial charge in [-0.25, -0.2) is 30.7 Å². The standard InChI is InChI=1S/C14H7F7N2/c1-5(8-6(15)3-2-4-7(8)16)22-23-14-12(20)10(18)9(17)11(19)13(14)21/h2-4,23H,1H3/b22-5-. The van der Waals surface area contributed by atoms with Crippen molar-refractivity contribution >= 4 is 11.4 Å². The summed E-state index contributed by atoms with van der Waals surface area (Å²) in [7, 11) is 0. The van der Waals surface area contributed by atoms with Crippen molar-refractivity contribution < 1.29 is 30.7 Å². The lowest BCUT2D eigenvalue weighted by molar-refractivity contribution is 0.381. The first-order chi connectivity index (χ1) is 10.8. The van der Waals surface area contributed by atoms with Gasteiger partial charge in [-0.15, -0.1) is 0 Å². The first kappa shape index (κ1) is 16.8. The summed E-state index contributed by atoms with van der Waals surface area (Å²) >= 11 is 0. The summed E-state index contributed by atoms with van der Waals surface area (Å²) in [6.45, 7) is 1.08. The Morgan fingerprint density at radius 1 is 0.783 bits per heavy atom. The normalized spacial score (nSPS) is 11.7. The van der Waals surface area contributed by atoms with Crippen LogP contribution in [0.4, 0.5) is 36.4 Å². The fourth-order valence-corrected chi connectivity index (χ4v) is 1.74. The quantitative estimate of drug-likeness (QED) is 0.288. The van der Waals surface area contributed by atoms with Gasteiger partial charge in [-0.05, 0) is 19.1 Å². The monoisotopic (exact) mass is 336 g/mol. The summed E-state index contributed by atoms with van der Waals surface area (Å²) in [5.41, 5.74) is -0.838. The van der Waals surface area contributed by atoms with Crippen LogP contribution in [0.5, 0.6) is 0 Å². The number of nitrogens with one attached hydrogen (secondary N) is 1. The molecule has 23 heavy (non-hydrogen) atoms. The van der Waals surface area contributed by atoms with Gasteiger partial charge in [-0.3, -0.25) is 5.43 Å². The Kier molecular flexibility index (Phi) is 4.57. The zero-order chi connectivity index (χ0) is 17.3. The number of rotatable bonds is 3. The van der Waals surface area contributed by atoms with E-state index in [-0.39, 0.29) is 0 Å². The highest BCUT2D eigenvalue weighted by molar-refractivity contribution is 5.99. The molecule has 0 saturated heterocycles. The van der Waals surface area contributed by atoms with Crippen LogP contribution in [0.25, 0.3) is 0 Å². The minimum atomic E-state index is -2.33. The van der Waals surface area contributed by atoms with Crippen molar-refractivity contribution in [3.63, 3.8) is 0 Å². The van der Waals surface area contributed by atoms with Crippen LogP contribution in [0, 0.1) is 40.7 Å². The lowest BCUT2D eigenvalue weighted by Gasteiger charge is -2.09. The Hall–Kier alpha value is -2.58. The second-order valence-corrected chi connectivity index (χ2v) is 4.35. The number of hydrogen-bond acceptors (Lipinski definition) is 2. The van der Waals surface area contributed by atoms with Crippen molar-refractivity contribution in [2.45, 2.75) is 6.92 Å². The lowest BCUT2D eigenvalue weighted by Crippen LogP contribution is -2.10. The molecule has 0 unspecified atom stereocenters. The van der Waals surface area contributed by atoms with E-state index in [9.17, 15) is 30.7 Å². The molecular weight excluding hydrogens is 329 g/mol. The van der Waals surface area contributed by atoms with Gasteiger partial charge in [0.25, 0.3) is 0 Å². The predicted molar refractivity (Wildman–Crippen MR) is 68.4 cm³/mol. The molecule has 0 heterocycles. The van der Waals surface area contributed by atoms with Crippen molar-refractivity contribution in [3.05, 3.63) is 64.5 Å². The van der Waals surface area contributed by atoms with Gasteiger partial charge in [-0.1, -0.05) is 6.07 Å². The first-order valence-electron chi connectivity index (χ1n) is 6.01. The number of benzene rings is 2. The van der Waals surface area contributed by atoms with Gasteiger partial charge in [0, 0.05) is 0 Å². The van der Waals surface area contributed by atoms with E-state index in [1.54, 1.807) is 5.43 Å². The molecule has 0 fully saturated rings. The molecule has 0 bridgehead atoms.